The maximum absolute atomic E-state index is 13.4. The van der Waals surface area contributed by atoms with Gasteiger partial charge in [-0.05, 0) is 35.9 Å². The molecule has 0 unspecified atom stereocenters. The molecule has 0 saturated heterocycles. The van der Waals surface area contributed by atoms with Gasteiger partial charge < -0.3 is 10.1 Å². The van der Waals surface area contributed by atoms with Crippen LogP contribution in [0.5, 0.6) is 5.75 Å². The Kier molecular flexibility index (Phi) is 5.31. The molecule has 0 saturated carbocycles. The molecular weight excluding hydrogens is 321 g/mol. The number of rotatable bonds is 6. The number of hydrogen-bond donors (Lipinski definition) is 1. The SMILES string of the molecule is O=C(COc1ccccc1F)NCc1ccc(-c2ccccn2)nc1. The number of hydrogen-bond acceptors (Lipinski definition) is 4. The van der Waals surface area contributed by atoms with Crippen LogP contribution in [0.4, 0.5) is 4.39 Å². The predicted molar refractivity (Wildman–Crippen MR) is 91.2 cm³/mol. The Morgan fingerprint density at radius 2 is 1.80 bits per heavy atom. The van der Waals surface area contributed by atoms with Crippen LogP contribution in [0, 0.1) is 5.82 Å². The van der Waals surface area contributed by atoms with E-state index in [0.29, 0.717) is 6.54 Å². The molecule has 0 spiro atoms. The first-order valence-corrected chi connectivity index (χ1v) is 7.73. The van der Waals surface area contributed by atoms with Crippen LogP contribution in [-0.2, 0) is 11.3 Å². The van der Waals surface area contributed by atoms with Crippen molar-refractivity contribution >= 4 is 5.91 Å². The molecule has 2 aromatic heterocycles. The summed E-state index contributed by atoms with van der Waals surface area (Å²) in [6.07, 6.45) is 3.39. The van der Waals surface area contributed by atoms with Crippen LogP contribution in [0.15, 0.2) is 67.0 Å². The minimum atomic E-state index is -0.496. The Morgan fingerprint density at radius 1 is 1.00 bits per heavy atom. The molecule has 0 aliphatic carbocycles. The van der Waals surface area contributed by atoms with Gasteiger partial charge in [0.05, 0.1) is 11.4 Å². The third-order valence-electron chi connectivity index (χ3n) is 3.44. The van der Waals surface area contributed by atoms with Crippen LogP contribution >= 0.6 is 0 Å². The molecule has 0 radical (unpaired) electrons. The van der Waals surface area contributed by atoms with Crippen molar-refractivity contribution in [3.63, 3.8) is 0 Å². The fourth-order valence-electron chi connectivity index (χ4n) is 2.15. The molecule has 0 aliphatic rings. The number of carbonyl (C=O) groups excluding carboxylic acids is 1. The van der Waals surface area contributed by atoms with E-state index in [1.54, 1.807) is 24.5 Å². The summed E-state index contributed by atoms with van der Waals surface area (Å²) in [5.74, 6) is -0.777. The van der Waals surface area contributed by atoms with Crippen molar-refractivity contribution in [3.05, 3.63) is 78.4 Å². The van der Waals surface area contributed by atoms with E-state index < -0.39 is 5.82 Å². The highest BCUT2D eigenvalue weighted by Crippen LogP contribution is 2.15. The summed E-state index contributed by atoms with van der Waals surface area (Å²) in [5.41, 5.74) is 2.40. The second-order valence-corrected chi connectivity index (χ2v) is 5.26. The maximum atomic E-state index is 13.4. The van der Waals surface area contributed by atoms with Gasteiger partial charge in [-0.1, -0.05) is 24.3 Å². The number of aromatic nitrogens is 2. The molecule has 1 amide bonds. The van der Waals surface area contributed by atoms with Gasteiger partial charge in [-0.2, -0.15) is 0 Å². The smallest absolute Gasteiger partial charge is 0.258 e. The second kappa shape index (κ2) is 8.01. The van der Waals surface area contributed by atoms with E-state index in [4.69, 9.17) is 4.74 Å². The average Bonchev–Trinajstić information content (AvgIpc) is 2.67. The van der Waals surface area contributed by atoms with Crippen LogP contribution in [0.3, 0.4) is 0 Å². The molecule has 6 heteroatoms. The summed E-state index contributed by atoms with van der Waals surface area (Å²) in [5, 5.41) is 2.71. The summed E-state index contributed by atoms with van der Waals surface area (Å²) in [6, 6.07) is 15.3. The molecule has 126 valence electrons. The highest BCUT2D eigenvalue weighted by molar-refractivity contribution is 5.77. The Morgan fingerprint density at radius 3 is 2.52 bits per heavy atom. The number of nitrogens with one attached hydrogen (secondary N) is 1. The third kappa shape index (κ3) is 4.60. The lowest BCUT2D eigenvalue weighted by Crippen LogP contribution is -2.28. The van der Waals surface area contributed by atoms with Gasteiger partial charge in [0, 0.05) is 18.9 Å². The van der Waals surface area contributed by atoms with Crippen molar-refractivity contribution in [2.45, 2.75) is 6.54 Å². The van der Waals surface area contributed by atoms with Crippen LogP contribution in [0.1, 0.15) is 5.56 Å². The number of carbonyl (C=O) groups is 1. The van der Waals surface area contributed by atoms with Crippen molar-refractivity contribution in [2.75, 3.05) is 6.61 Å². The first-order valence-electron chi connectivity index (χ1n) is 7.73. The number of benzene rings is 1. The molecule has 2 heterocycles. The zero-order valence-corrected chi connectivity index (χ0v) is 13.4. The molecule has 0 fully saturated rings. The van der Waals surface area contributed by atoms with E-state index in [-0.39, 0.29) is 18.3 Å². The monoisotopic (exact) mass is 337 g/mol. The number of ether oxygens (including phenoxy) is 1. The Bertz CT molecular complexity index is 839. The van der Waals surface area contributed by atoms with Gasteiger partial charge in [0.15, 0.2) is 18.2 Å². The first-order chi connectivity index (χ1) is 12.2. The molecular formula is C19H16FN3O2. The number of nitrogens with zero attached hydrogens (tertiary/aromatic N) is 2. The van der Waals surface area contributed by atoms with Crippen LogP contribution in [0.2, 0.25) is 0 Å². The maximum Gasteiger partial charge on any atom is 0.258 e. The molecule has 5 nitrogen and oxygen atoms in total. The van der Waals surface area contributed by atoms with Gasteiger partial charge in [0.2, 0.25) is 0 Å². The average molecular weight is 337 g/mol. The normalized spacial score (nSPS) is 10.3. The minimum Gasteiger partial charge on any atom is -0.481 e. The lowest BCUT2D eigenvalue weighted by molar-refractivity contribution is -0.123. The Hall–Kier alpha value is -3.28. The van der Waals surface area contributed by atoms with Crippen molar-refractivity contribution in [2.24, 2.45) is 0 Å². The molecule has 1 N–H and O–H groups in total. The van der Waals surface area contributed by atoms with Gasteiger partial charge in [0.25, 0.3) is 5.91 Å². The van der Waals surface area contributed by atoms with Crippen molar-refractivity contribution < 1.29 is 13.9 Å². The number of pyridine rings is 2. The van der Waals surface area contributed by atoms with E-state index in [0.717, 1.165) is 17.0 Å². The summed E-state index contributed by atoms with van der Waals surface area (Å²) < 4.78 is 18.6. The highest BCUT2D eigenvalue weighted by atomic mass is 19.1. The number of halogens is 1. The molecule has 0 atom stereocenters. The lowest BCUT2D eigenvalue weighted by atomic mass is 10.2. The third-order valence-corrected chi connectivity index (χ3v) is 3.44. The van der Waals surface area contributed by atoms with Gasteiger partial charge in [-0.15, -0.1) is 0 Å². The summed E-state index contributed by atoms with van der Waals surface area (Å²) >= 11 is 0. The highest BCUT2D eigenvalue weighted by Gasteiger charge is 2.06. The Labute approximate surface area is 144 Å². The second-order valence-electron chi connectivity index (χ2n) is 5.26. The minimum absolute atomic E-state index is 0.0547. The summed E-state index contributed by atoms with van der Waals surface area (Å²) in [7, 11) is 0. The topological polar surface area (TPSA) is 64.1 Å². The van der Waals surface area contributed by atoms with Crippen molar-refractivity contribution in [3.8, 4) is 17.1 Å². The molecule has 0 aliphatic heterocycles. The zero-order valence-electron chi connectivity index (χ0n) is 13.4. The predicted octanol–water partition coefficient (Wildman–Crippen LogP) is 2.98. The van der Waals surface area contributed by atoms with Crippen molar-refractivity contribution in [1.82, 2.24) is 15.3 Å². The van der Waals surface area contributed by atoms with Crippen LogP contribution in [-0.4, -0.2) is 22.5 Å². The molecule has 3 aromatic rings. The van der Waals surface area contributed by atoms with E-state index in [1.807, 2.05) is 30.3 Å². The number of amides is 1. The summed E-state index contributed by atoms with van der Waals surface area (Å²) in [4.78, 5) is 20.4. The van der Waals surface area contributed by atoms with Crippen molar-refractivity contribution in [1.29, 1.82) is 0 Å². The largest absolute Gasteiger partial charge is 0.481 e. The van der Waals surface area contributed by atoms with E-state index in [2.05, 4.69) is 15.3 Å². The van der Waals surface area contributed by atoms with Crippen LogP contribution < -0.4 is 10.1 Å². The lowest BCUT2D eigenvalue weighted by Gasteiger charge is -2.08. The fourth-order valence-corrected chi connectivity index (χ4v) is 2.15. The van der Waals surface area contributed by atoms with Gasteiger partial charge in [-0.3, -0.25) is 14.8 Å². The van der Waals surface area contributed by atoms with Gasteiger partial charge >= 0.3 is 0 Å². The molecule has 1 aromatic carbocycles. The zero-order chi connectivity index (χ0) is 17.5. The Balaban J connectivity index is 1.50. The van der Waals surface area contributed by atoms with Crippen LogP contribution in [0.25, 0.3) is 11.4 Å². The van der Waals surface area contributed by atoms with E-state index >= 15 is 0 Å². The van der Waals surface area contributed by atoms with E-state index in [1.165, 1.54) is 12.1 Å². The quantitative estimate of drug-likeness (QED) is 0.751. The summed E-state index contributed by atoms with van der Waals surface area (Å²) in [6.45, 7) is 0.0648. The standard InChI is InChI=1S/C19H16FN3O2/c20-15-5-1-2-7-18(15)25-13-19(24)23-12-14-8-9-17(22-11-14)16-6-3-4-10-21-16/h1-11H,12-13H2,(H,23,24). The fraction of sp³-hybridized carbons (Fsp3) is 0.105. The van der Waals surface area contributed by atoms with Gasteiger partial charge in [0.1, 0.15) is 0 Å². The molecule has 25 heavy (non-hydrogen) atoms. The first kappa shape index (κ1) is 16.6. The molecule has 0 bridgehead atoms. The van der Waals surface area contributed by atoms with Gasteiger partial charge in [-0.25, -0.2) is 4.39 Å². The van der Waals surface area contributed by atoms with E-state index in [9.17, 15) is 9.18 Å². The molecule has 3 rings (SSSR count). The number of para-hydroxylation sites is 1.